The van der Waals surface area contributed by atoms with Crippen LogP contribution in [0.2, 0.25) is 0 Å². The molecule has 1 aromatic heterocycles. The number of amides is 1. The highest BCUT2D eigenvalue weighted by Crippen LogP contribution is 2.26. The van der Waals surface area contributed by atoms with Crippen LogP contribution in [0.3, 0.4) is 0 Å². The van der Waals surface area contributed by atoms with Crippen LogP contribution in [0.25, 0.3) is 0 Å². The van der Waals surface area contributed by atoms with E-state index in [2.05, 4.69) is 24.0 Å². The Morgan fingerprint density at radius 2 is 2.05 bits per heavy atom. The van der Waals surface area contributed by atoms with Crippen molar-refractivity contribution in [1.29, 1.82) is 0 Å². The van der Waals surface area contributed by atoms with Crippen LogP contribution in [0, 0.1) is 5.92 Å². The minimum Gasteiger partial charge on any atom is -0.348 e. The molecular weight excluding hydrogens is 274 g/mol. The third kappa shape index (κ3) is 4.21. The number of carbonyl (C=O) groups is 1. The van der Waals surface area contributed by atoms with E-state index >= 15 is 0 Å². The van der Waals surface area contributed by atoms with Gasteiger partial charge in [0.2, 0.25) is 5.91 Å². The van der Waals surface area contributed by atoms with Crippen LogP contribution >= 0.6 is 11.8 Å². The first-order valence-electron chi connectivity index (χ1n) is 6.90. The van der Waals surface area contributed by atoms with Crippen molar-refractivity contribution >= 4 is 17.7 Å². The van der Waals surface area contributed by atoms with Gasteiger partial charge in [0.15, 0.2) is 5.16 Å². The van der Waals surface area contributed by atoms with Crippen LogP contribution in [-0.2, 0) is 17.9 Å². The maximum Gasteiger partial charge on any atom is 0.235 e. The van der Waals surface area contributed by atoms with Crippen LogP contribution in [0.15, 0.2) is 5.16 Å². The molecular formula is C13H25N5OS. The van der Waals surface area contributed by atoms with E-state index in [0.29, 0.717) is 12.5 Å². The first kappa shape index (κ1) is 17.0. The van der Waals surface area contributed by atoms with Crippen molar-refractivity contribution in [3.05, 3.63) is 5.82 Å². The smallest absolute Gasteiger partial charge is 0.235 e. The predicted octanol–water partition coefficient (Wildman–Crippen LogP) is 1.35. The Labute approximate surface area is 125 Å². The molecule has 0 unspecified atom stereocenters. The number of carbonyl (C=O) groups excluding carboxylic acids is 1. The van der Waals surface area contributed by atoms with Gasteiger partial charge in [-0.05, 0) is 12.3 Å². The molecule has 0 aliphatic rings. The molecule has 0 bridgehead atoms. The summed E-state index contributed by atoms with van der Waals surface area (Å²) in [5, 5.41) is 8.96. The second-order valence-corrected chi connectivity index (χ2v) is 6.52. The molecule has 1 aromatic rings. The summed E-state index contributed by atoms with van der Waals surface area (Å²) in [7, 11) is 3.55. The third-order valence-electron chi connectivity index (χ3n) is 2.86. The van der Waals surface area contributed by atoms with Crippen LogP contribution < -0.4 is 5.73 Å². The lowest BCUT2D eigenvalue weighted by atomic mass is 10.2. The third-order valence-corrected chi connectivity index (χ3v) is 4.19. The summed E-state index contributed by atoms with van der Waals surface area (Å²) < 4.78 is 2.03. The van der Waals surface area contributed by atoms with E-state index < -0.39 is 0 Å². The monoisotopic (exact) mass is 299 g/mol. The van der Waals surface area contributed by atoms with Crippen molar-refractivity contribution in [2.75, 3.05) is 14.1 Å². The van der Waals surface area contributed by atoms with Gasteiger partial charge in [-0.1, -0.05) is 32.5 Å². The zero-order valence-corrected chi connectivity index (χ0v) is 13.8. The van der Waals surface area contributed by atoms with Crippen LogP contribution in [-0.4, -0.2) is 44.9 Å². The predicted molar refractivity (Wildman–Crippen MR) is 81.4 cm³/mol. The maximum absolute atomic E-state index is 12.1. The molecule has 2 N–H and O–H groups in total. The molecule has 6 nitrogen and oxygen atoms in total. The average Bonchev–Trinajstić information content (AvgIpc) is 2.76. The summed E-state index contributed by atoms with van der Waals surface area (Å²) in [5.41, 5.74) is 5.70. The van der Waals surface area contributed by atoms with Crippen molar-refractivity contribution in [3.63, 3.8) is 0 Å². The first-order chi connectivity index (χ1) is 9.40. The fourth-order valence-electron chi connectivity index (χ4n) is 1.83. The lowest BCUT2D eigenvalue weighted by Gasteiger charge is -2.19. The average molecular weight is 299 g/mol. The van der Waals surface area contributed by atoms with Crippen molar-refractivity contribution in [2.45, 2.75) is 50.7 Å². The SMILES string of the molecule is CC[C@H](Sc1nnc(CN)n1CC(C)C)C(=O)N(C)C. The van der Waals surface area contributed by atoms with Gasteiger partial charge >= 0.3 is 0 Å². The number of aromatic nitrogens is 3. The first-order valence-corrected chi connectivity index (χ1v) is 7.78. The Morgan fingerprint density at radius 3 is 2.50 bits per heavy atom. The Morgan fingerprint density at radius 1 is 1.40 bits per heavy atom. The van der Waals surface area contributed by atoms with Gasteiger partial charge in [-0.15, -0.1) is 10.2 Å². The highest BCUT2D eigenvalue weighted by atomic mass is 32.2. The summed E-state index contributed by atoms with van der Waals surface area (Å²) in [6, 6.07) is 0. The molecule has 0 radical (unpaired) electrons. The normalized spacial score (nSPS) is 12.8. The van der Waals surface area contributed by atoms with E-state index in [1.165, 1.54) is 11.8 Å². The zero-order valence-electron chi connectivity index (χ0n) is 13.0. The molecule has 1 rings (SSSR count). The minimum atomic E-state index is -0.134. The van der Waals surface area contributed by atoms with E-state index in [1.807, 2.05) is 11.5 Å². The Balaban J connectivity index is 2.95. The standard InChI is InChI=1S/C13H25N5OS/c1-6-10(12(19)17(4)5)20-13-16-15-11(7-14)18(13)8-9(2)3/h9-10H,6-8,14H2,1-5H3/t10-/m0/s1. The summed E-state index contributed by atoms with van der Waals surface area (Å²) in [6.07, 6.45) is 0.758. The molecule has 0 saturated carbocycles. The summed E-state index contributed by atoms with van der Waals surface area (Å²) in [5.74, 6) is 1.35. The Hall–Kier alpha value is -1.08. The molecule has 20 heavy (non-hydrogen) atoms. The number of rotatable bonds is 7. The molecule has 1 heterocycles. The highest BCUT2D eigenvalue weighted by molar-refractivity contribution is 8.00. The second-order valence-electron chi connectivity index (χ2n) is 5.35. The molecule has 0 spiro atoms. The molecule has 1 amide bonds. The Kier molecular flexibility index (Phi) is 6.48. The maximum atomic E-state index is 12.1. The molecule has 0 fully saturated rings. The Bertz CT molecular complexity index is 444. The van der Waals surface area contributed by atoms with Gasteiger partial charge in [-0.2, -0.15) is 0 Å². The fraction of sp³-hybridized carbons (Fsp3) is 0.769. The van der Waals surface area contributed by atoms with Crippen molar-refractivity contribution in [1.82, 2.24) is 19.7 Å². The lowest BCUT2D eigenvalue weighted by molar-refractivity contribution is -0.128. The number of nitrogens with zero attached hydrogens (tertiary/aromatic N) is 4. The van der Waals surface area contributed by atoms with Crippen LogP contribution in [0.5, 0.6) is 0 Å². The zero-order chi connectivity index (χ0) is 15.3. The molecule has 1 atom stereocenters. The van der Waals surface area contributed by atoms with Crippen molar-refractivity contribution in [2.24, 2.45) is 11.7 Å². The van der Waals surface area contributed by atoms with E-state index in [-0.39, 0.29) is 11.2 Å². The van der Waals surface area contributed by atoms with E-state index in [0.717, 1.165) is 23.9 Å². The minimum absolute atomic E-state index is 0.103. The molecule has 0 aromatic carbocycles. The van der Waals surface area contributed by atoms with Crippen LogP contribution in [0.1, 0.15) is 33.0 Å². The molecule has 7 heteroatoms. The quantitative estimate of drug-likeness (QED) is 0.769. The number of nitrogens with two attached hydrogens (primary N) is 1. The molecule has 114 valence electrons. The van der Waals surface area contributed by atoms with Crippen molar-refractivity contribution < 1.29 is 4.79 Å². The van der Waals surface area contributed by atoms with Gasteiger partial charge in [-0.3, -0.25) is 4.79 Å². The van der Waals surface area contributed by atoms with E-state index in [4.69, 9.17) is 5.73 Å². The largest absolute Gasteiger partial charge is 0.348 e. The number of thioether (sulfide) groups is 1. The summed E-state index contributed by atoms with van der Waals surface area (Å²) in [6.45, 7) is 7.45. The molecule has 0 saturated heterocycles. The van der Waals surface area contributed by atoms with Gasteiger partial charge in [0.05, 0.1) is 11.8 Å². The van der Waals surface area contributed by atoms with Gasteiger partial charge in [0, 0.05) is 20.6 Å². The number of hydrogen-bond donors (Lipinski definition) is 1. The second kappa shape index (κ2) is 7.64. The highest BCUT2D eigenvalue weighted by Gasteiger charge is 2.23. The van der Waals surface area contributed by atoms with Gasteiger partial charge in [0.1, 0.15) is 5.82 Å². The fourth-order valence-corrected chi connectivity index (χ4v) is 2.96. The van der Waals surface area contributed by atoms with Crippen molar-refractivity contribution in [3.8, 4) is 0 Å². The summed E-state index contributed by atoms with van der Waals surface area (Å²) >= 11 is 1.47. The van der Waals surface area contributed by atoms with E-state index in [9.17, 15) is 4.79 Å². The summed E-state index contributed by atoms with van der Waals surface area (Å²) in [4.78, 5) is 13.7. The van der Waals surface area contributed by atoms with Gasteiger partial charge in [-0.25, -0.2) is 0 Å². The lowest BCUT2D eigenvalue weighted by Crippen LogP contribution is -2.31. The number of hydrogen-bond acceptors (Lipinski definition) is 5. The van der Waals surface area contributed by atoms with Crippen LogP contribution in [0.4, 0.5) is 0 Å². The van der Waals surface area contributed by atoms with Gasteiger partial charge < -0.3 is 15.2 Å². The van der Waals surface area contributed by atoms with Gasteiger partial charge in [0.25, 0.3) is 0 Å². The van der Waals surface area contributed by atoms with E-state index in [1.54, 1.807) is 19.0 Å². The molecule has 0 aliphatic carbocycles. The molecule has 0 aliphatic heterocycles. The topological polar surface area (TPSA) is 77.0 Å².